The summed E-state index contributed by atoms with van der Waals surface area (Å²) < 4.78 is 5.83. The monoisotopic (exact) mass is 505 g/mol. The maximum absolute atomic E-state index is 13.5. The molecule has 0 saturated carbocycles. The highest BCUT2D eigenvalue weighted by Crippen LogP contribution is 2.46. The summed E-state index contributed by atoms with van der Waals surface area (Å²) in [5, 5.41) is 22.7. The Balaban J connectivity index is 1.98. The van der Waals surface area contributed by atoms with E-state index in [2.05, 4.69) is 0 Å². The lowest BCUT2D eigenvalue weighted by Gasteiger charge is -2.32. The van der Waals surface area contributed by atoms with Crippen LogP contribution < -0.4 is 0 Å². The van der Waals surface area contributed by atoms with Gasteiger partial charge in [0.15, 0.2) is 0 Å². The van der Waals surface area contributed by atoms with Gasteiger partial charge in [-0.1, -0.05) is 71.4 Å². The number of hydrogen-bond acceptors (Lipinski definition) is 5. The molecule has 2 atom stereocenters. The SMILES string of the molecule is Cc1ccc(C(O)=C2C(=O)C(=O)N(CC3CCCO3)C2c2cc(C(C)(C)C)c(O)c(C(C)(C)C)c2)cc1. The van der Waals surface area contributed by atoms with Gasteiger partial charge in [0.05, 0.1) is 17.7 Å². The van der Waals surface area contributed by atoms with Crippen LogP contribution in [0.15, 0.2) is 42.0 Å². The molecule has 0 aliphatic carbocycles. The second kappa shape index (κ2) is 9.64. The van der Waals surface area contributed by atoms with E-state index in [9.17, 15) is 19.8 Å². The van der Waals surface area contributed by atoms with Crippen molar-refractivity contribution in [2.24, 2.45) is 0 Å². The van der Waals surface area contributed by atoms with Crippen molar-refractivity contribution in [1.82, 2.24) is 4.90 Å². The number of nitrogens with zero attached hydrogens (tertiary/aromatic N) is 1. The average Bonchev–Trinajstić information content (AvgIpc) is 3.40. The van der Waals surface area contributed by atoms with Gasteiger partial charge in [0.1, 0.15) is 11.5 Å². The Morgan fingerprint density at radius 2 is 1.57 bits per heavy atom. The highest BCUT2D eigenvalue weighted by Gasteiger charge is 2.47. The molecular weight excluding hydrogens is 466 g/mol. The number of aryl methyl sites for hydroxylation is 1. The van der Waals surface area contributed by atoms with E-state index in [-0.39, 0.29) is 29.7 Å². The number of carbonyl (C=O) groups excluding carboxylic acids is 2. The van der Waals surface area contributed by atoms with Gasteiger partial charge in [0.2, 0.25) is 0 Å². The molecule has 1 amide bonds. The van der Waals surface area contributed by atoms with Gasteiger partial charge in [-0.3, -0.25) is 9.59 Å². The van der Waals surface area contributed by atoms with E-state index in [0.717, 1.165) is 29.5 Å². The van der Waals surface area contributed by atoms with E-state index in [1.54, 1.807) is 17.0 Å². The molecule has 2 saturated heterocycles. The maximum Gasteiger partial charge on any atom is 0.295 e. The molecule has 0 aromatic heterocycles. The second-order valence-corrected chi connectivity index (χ2v) is 12.4. The van der Waals surface area contributed by atoms with Crippen LogP contribution in [0.3, 0.4) is 0 Å². The zero-order valence-electron chi connectivity index (χ0n) is 23.0. The molecule has 6 nitrogen and oxygen atoms in total. The van der Waals surface area contributed by atoms with E-state index >= 15 is 0 Å². The predicted molar refractivity (Wildman–Crippen MR) is 145 cm³/mol. The molecule has 2 aromatic rings. The largest absolute Gasteiger partial charge is 0.507 e. The van der Waals surface area contributed by atoms with Crippen LogP contribution in [0.4, 0.5) is 0 Å². The van der Waals surface area contributed by atoms with Gasteiger partial charge in [0, 0.05) is 18.7 Å². The van der Waals surface area contributed by atoms with E-state index in [0.29, 0.717) is 17.7 Å². The zero-order chi connectivity index (χ0) is 27.3. The molecule has 2 aromatic carbocycles. The quantitative estimate of drug-likeness (QED) is 0.307. The smallest absolute Gasteiger partial charge is 0.295 e. The van der Waals surface area contributed by atoms with Crippen molar-refractivity contribution < 1.29 is 24.5 Å². The summed E-state index contributed by atoms with van der Waals surface area (Å²) in [6.07, 6.45) is 1.55. The fourth-order valence-electron chi connectivity index (χ4n) is 5.25. The minimum atomic E-state index is -0.798. The third-order valence-electron chi connectivity index (χ3n) is 7.35. The number of hydrogen-bond donors (Lipinski definition) is 2. The number of aliphatic hydroxyl groups excluding tert-OH is 1. The average molecular weight is 506 g/mol. The Morgan fingerprint density at radius 1 is 1.00 bits per heavy atom. The first-order chi connectivity index (χ1) is 17.2. The lowest BCUT2D eigenvalue weighted by atomic mass is 9.77. The molecule has 2 heterocycles. The number of ketones is 1. The highest BCUT2D eigenvalue weighted by molar-refractivity contribution is 6.46. The number of likely N-dealkylation sites (tertiary alicyclic amines) is 1. The first-order valence-corrected chi connectivity index (χ1v) is 13.0. The molecule has 0 bridgehead atoms. The van der Waals surface area contributed by atoms with Crippen LogP contribution in [0, 0.1) is 6.92 Å². The highest BCUT2D eigenvalue weighted by atomic mass is 16.5. The molecule has 2 aliphatic rings. The number of aliphatic hydroxyl groups is 1. The molecule has 2 fully saturated rings. The summed E-state index contributed by atoms with van der Waals surface area (Å²) in [5.74, 6) is -1.32. The van der Waals surface area contributed by atoms with E-state index < -0.39 is 28.6 Å². The molecule has 2 unspecified atom stereocenters. The maximum atomic E-state index is 13.5. The number of rotatable bonds is 4. The molecule has 0 spiro atoms. The van der Waals surface area contributed by atoms with Crippen molar-refractivity contribution >= 4 is 17.4 Å². The summed E-state index contributed by atoms with van der Waals surface area (Å²) in [6.45, 7) is 15.0. The summed E-state index contributed by atoms with van der Waals surface area (Å²) in [5.41, 5.74) is 2.94. The Bertz CT molecular complexity index is 1200. The minimum absolute atomic E-state index is 0.0669. The number of phenolic OH excluding ortho intramolecular Hbond substituents is 1. The van der Waals surface area contributed by atoms with Crippen molar-refractivity contribution in [2.75, 3.05) is 13.2 Å². The second-order valence-electron chi connectivity index (χ2n) is 12.4. The standard InChI is InChI=1S/C31H39NO5/c1-18-10-12-19(13-11-18)26(33)24-25(32(29(36)28(24)35)17-21-9-8-14-37-21)20-15-22(30(2,3)4)27(34)23(16-20)31(5,6)7/h10-13,15-16,21,25,33-34H,8-9,14,17H2,1-7H3. The Hall–Kier alpha value is -3.12. The molecule has 198 valence electrons. The number of ether oxygens (including phenoxy) is 1. The van der Waals surface area contributed by atoms with Crippen molar-refractivity contribution in [3.8, 4) is 5.75 Å². The van der Waals surface area contributed by atoms with Gasteiger partial charge in [-0.25, -0.2) is 0 Å². The van der Waals surface area contributed by atoms with Crippen LogP contribution >= 0.6 is 0 Å². The Morgan fingerprint density at radius 3 is 2.05 bits per heavy atom. The van der Waals surface area contributed by atoms with Crippen LogP contribution in [0.2, 0.25) is 0 Å². The summed E-state index contributed by atoms with van der Waals surface area (Å²) in [6, 6.07) is 10.2. The normalized spacial score (nSPS) is 22.2. The van der Waals surface area contributed by atoms with Crippen LogP contribution in [-0.4, -0.2) is 46.1 Å². The fourth-order valence-corrected chi connectivity index (χ4v) is 5.25. The van der Waals surface area contributed by atoms with Gasteiger partial charge >= 0.3 is 0 Å². The van der Waals surface area contributed by atoms with Gasteiger partial charge in [-0.05, 0) is 59.4 Å². The number of aromatic hydroxyl groups is 1. The third-order valence-corrected chi connectivity index (χ3v) is 7.35. The van der Waals surface area contributed by atoms with Crippen molar-refractivity contribution in [3.63, 3.8) is 0 Å². The molecular formula is C31H39NO5. The Labute approximate surface area is 220 Å². The molecule has 6 heteroatoms. The van der Waals surface area contributed by atoms with Crippen molar-refractivity contribution in [2.45, 2.75) is 84.3 Å². The Kier molecular flexibility index (Phi) is 7.02. The lowest BCUT2D eigenvalue weighted by molar-refractivity contribution is -0.140. The number of phenols is 1. The molecule has 2 aliphatic heterocycles. The van der Waals surface area contributed by atoms with Gasteiger partial charge in [-0.2, -0.15) is 0 Å². The van der Waals surface area contributed by atoms with E-state index in [1.165, 1.54) is 0 Å². The van der Waals surface area contributed by atoms with E-state index in [1.807, 2.05) is 72.7 Å². The number of carbonyl (C=O) groups is 2. The molecule has 4 rings (SSSR count). The predicted octanol–water partition coefficient (Wildman–Crippen LogP) is 5.90. The number of amides is 1. The first-order valence-electron chi connectivity index (χ1n) is 13.0. The van der Waals surface area contributed by atoms with Crippen LogP contribution in [0.25, 0.3) is 5.76 Å². The van der Waals surface area contributed by atoms with E-state index in [4.69, 9.17) is 4.74 Å². The minimum Gasteiger partial charge on any atom is -0.507 e. The van der Waals surface area contributed by atoms with Crippen LogP contribution in [-0.2, 0) is 25.2 Å². The zero-order valence-corrected chi connectivity index (χ0v) is 23.0. The topological polar surface area (TPSA) is 87.1 Å². The van der Waals surface area contributed by atoms with Crippen LogP contribution in [0.1, 0.15) is 88.2 Å². The molecule has 2 N–H and O–H groups in total. The fraction of sp³-hybridized carbons (Fsp3) is 0.484. The van der Waals surface area contributed by atoms with Crippen molar-refractivity contribution in [1.29, 1.82) is 0 Å². The third kappa shape index (κ3) is 5.17. The number of benzene rings is 2. The summed E-state index contributed by atoms with van der Waals surface area (Å²) in [4.78, 5) is 28.5. The van der Waals surface area contributed by atoms with Crippen LogP contribution in [0.5, 0.6) is 5.75 Å². The molecule has 0 radical (unpaired) electrons. The first kappa shape index (κ1) is 26.9. The van der Waals surface area contributed by atoms with Gasteiger partial charge in [-0.15, -0.1) is 0 Å². The summed E-state index contributed by atoms with van der Waals surface area (Å²) >= 11 is 0. The van der Waals surface area contributed by atoms with Gasteiger partial charge in [0.25, 0.3) is 11.7 Å². The lowest BCUT2D eigenvalue weighted by Crippen LogP contribution is -2.36. The molecule has 37 heavy (non-hydrogen) atoms. The number of Topliss-reactive ketones (excluding diaryl/α,β-unsaturated/α-hetero) is 1. The van der Waals surface area contributed by atoms with Gasteiger partial charge < -0.3 is 19.8 Å². The summed E-state index contributed by atoms with van der Waals surface area (Å²) in [7, 11) is 0. The van der Waals surface area contributed by atoms with Crippen molar-refractivity contribution in [3.05, 3.63) is 69.8 Å².